The van der Waals surface area contributed by atoms with Crippen LogP contribution < -0.4 is 0 Å². The zero-order chi connectivity index (χ0) is 19.6. The van der Waals surface area contributed by atoms with Gasteiger partial charge in [-0.3, -0.25) is 0 Å². The first-order valence-electron chi connectivity index (χ1n) is 9.10. The molecule has 3 heterocycles. The molecule has 0 saturated heterocycles. The Hall–Kier alpha value is -2.83. The summed E-state index contributed by atoms with van der Waals surface area (Å²) in [5.41, 5.74) is 2.80. The number of carbonyl (C=O) groups is 2. The normalized spacial score (nSPS) is 14.8. The molecule has 1 amide bonds. The molecule has 2 aromatic heterocycles. The van der Waals surface area contributed by atoms with E-state index in [-0.39, 0.29) is 12.1 Å². The van der Waals surface area contributed by atoms with E-state index in [0.29, 0.717) is 30.8 Å². The SMILES string of the molecule is CCOC(=O)c1cnn2ccc(C3=CCN(C(=O)OC(C)(C)C)CC3)cc12. The molecule has 27 heavy (non-hydrogen) atoms. The van der Waals surface area contributed by atoms with Crippen molar-refractivity contribution >= 4 is 23.2 Å². The van der Waals surface area contributed by atoms with Crippen molar-refractivity contribution in [2.24, 2.45) is 0 Å². The average Bonchev–Trinajstić information content (AvgIpc) is 3.04. The first-order valence-corrected chi connectivity index (χ1v) is 9.10. The summed E-state index contributed by atoms with van der Waals surface area (Å²) in [5.74, 6) is -0.377. The Labute approximate surface area is 158 Å². The largest absolute Gasteiger partial charge is 0.462 e. The van der Waals surface area contributed by atoms with Gasteiger partial charge in [-0.1, -0.05) is 6.08 Å². The summed E-state index contributed by atoms with van der Waals surface area (Å²) in [6.07, 6.45) is 5.80. The predicted molar refractivity (Wildman–Crippen MR) is 102 cm³/mol. The number of pyridine rings is 1. The molecule has 0 saturated carbocycles. The number of hydrogen-bond acceptors (Lipinski definition) is 5. The molecule has 0 bridgehead atoms. The summed E-state index contributed by atoms with van der Waals surface area (Å²) in [6, 6.07) is 3.90. The highest BCUT2D eigenvalue weighted by atomic mass is 16.6. The molecule has 0 spiro atoms. The number of carbonyl (C=O) groups excluding carboxylic acids is 2. The van der Waals surface area contributed by atoms with Crippen molar-refractivity contribution in [3.8, 4) is 0 Å². The third-order valence-electron chi connectivity index (χ3n) is 4.25. The van der Waals surface area contributed by atoms with E-state index in [1.165, 1.54) is 6.20 Å². The van der Waals surface area contributed by atoms with Gasteiger partial charge in [-0.2, -0.15) is 5.10 Å². The van der Waals surface area contributed by atoms with E-state index in [9.17, 15) is 9.59 Å². The number of aromatic nitrogens is 2. The summed E-state index contributed by atoms with van der Waals surface area (Å²) in [6.45, 7) is 8.77. The van der Waals surface area contributed by atoms with Gasteiger partial charge in [0.25, 0.3) is 0 Å². The Morgan fingerprint density at radius 3 is 2.70 bits per heavy atom. The highest BCUT2D eigenvalue weighted by molar-refractivity contribution is 5.97. The van der Waals surface area contributed by atoms with Gasteiger partial charge in [-0.25, -0.2) is 14.1 Å². The van der Waals surface area contributed by atoms with Gasteiger partial charge in [-0.15, -0.1) is 0 Å². The first kappa shape index (κ1) is 18.9. The first-order chi connectivity index (χ1) is 12.8. The minimum Gasteiger partial charge on any atom is -0.462 e. The Morgan fingerprint density at radius 2 is 2.07 bits per heavy atom. The van der Waals surface area contributed by atoms with Crippen LogP contribution in [-0.2, 0) is 9.47 Å². The molecule has 144 valence electrons. The second-order valence-corrected chi connectivity index (χ2v) is 7.43. The maximum absolute atomic E-state index is 12.2. The zero-order valence-electron chi connectivity index (χ0n) is 16.2. The van der Waals surface area contributed by atoms with Gasteiger partial charge >= 0.3 is 12.1 Å². The van der Waals surface area contributed by atoms with Crippen LogP contribution in [0.3, 0.4) is 0 Å². The van der Waals surface area contributed by atoms with Crippen molar-refractivity contribution in [1.29, 1.82) is 0 Å². The summed E-state index contributed by atoms with van der Waals surface area (Å²) >= 11 is 0. The van der Waals surface area contributed by atoms with Crippen LogP contribution in [0.4, 0.5) is 4.79 Å². The molecular weight excluding hydrogens is 346 g/mol. The van der Waals surface area contributed by atoms with Gasteiger partial charge in [0, 0.05) is 19.3 Å². The summed E-state index contributed by atoms with van der Waals surface area (Å²) < 4.78 is 12.2. The van der Waals surface area contributed by atoms with E-state index in [1.54, 1.807) is 16.3 Å². The molecule has 0 radical (unpaired) electrons. The van der Waals surface area contributed by atoms with Crippen molar-refractivity contribution in [2.75, 3.05) is 19.7 Å². The lowest BCUT2D eigenvalue weighted by Gasteiger charge is -2.29. The fourth-order valence-electron chi connectivity index (χ4n) is 2.97. The van der Waals surface area contributed by atoms with Crippen LogP contribution >= 0.6 is 0 Å². The molecule has 7 nitrogen and oxygen atoms in total. The van der Waals surface area contributed by atoms with Gasteiger partial charge in [0.1, 0.15) is 11.2 Å². The van der Waals surface area contributed by atoms with Crippen LogP contribution in [0.15, 0.2) is 30.6 Å². The monoisotopic (exact) mass is 371 g/mol. The Bertz CT molecular complexity index is 892. The number of fused-ring (bicyclic) bond motifs is 1. The maximum Gasteiger partial charge on any atom is 0.410 e. The van der Waals surface area contributed by atoms with Crippen molar-refractivity contribution in [3.05, 3.63) is 41.7 Å². The zero-order valence-corrected chi connectivity index (χ0v) is 16.2. The molecule has 0 aliphatic carbocycles. The molecular formula is C20H25N3O4. The minimum atomic E-state index is -0.502. The molecule has 0 unspecified atom stereocenters. The van der Waals surface area contributed by atoms with Crippen molar-refractivity contribution in [3.63, 3.8) is 0 Å². The smallest absolute Gasteiger partial charge is 0.410 e. The van der Waals surface area contributed by atoms with Crippen LogP contribution in [0.5, 0.6) is 0 Å². The van der Waals surface area contributed by atoms with Gasteiger partial charge in [0.05, 0.1) is 18.3 Å². The lowest BCUT2D eigenvalue weighted by Crippen LogP contribution is -2.39. The lowest BCUT2D eigenvalue weighted by molar-refractivity contribution is 0.0270. The predicted octanol–water partition coefficient (Wildman–Crippen LogP) is 3.54. The molecule has 0 atom stereocenters. The number of hydrogen-bond donors (Lipinski definition) is 0. The molecule has 0 fully saturated rings. The molecule has 1 aliphatic heterocycles. The molecule has 1 aliphatic rings. The molecule has 2 aromatic rings. The Kier molecular flexibility index (Phi) is 5.21. The van der Waals surface area contributed by atoms with Crippen molar-refractivity contribution < 1.29 is 19.1 Å². The number of rotatable bonds is 3. The Balaban J connectivity index is 1.79. The standard InChI is InChI=1S/C20H25N3O4/c1-5-26-18(24)16-13-21-23-11-8-15(12-17(16)23)14-6-9-22(10-7-14)19(25)27-20(2,3)4/h6,8,11-13H,5,7,9-10H2,1-4H3. The van der Waals surface area contributed by atoms with Crippen LogP contribution in [0.25, 0.3) is 11.1 Å². The van der Waals surface area contributed by atoms with Crippen LogP contribution in [0, 0.1) is 0 Å². The van der Waals surface area contributed by atoms with Crippen LogP contribution in [0.2, 0.25) is 0 Å². The van der Waals surface area contributed by atoms with E-state index >= 15 is 0 Å². The van der Waals surface area contributed by atoms with Crippen molar-refractivity contribution in [1.82, 2.24) is 14.5 Å². The van der Waals surface area contributed by atoms with E-state index in [1.807, 2.05) is 45.2 Å². The van der Waals surface area contributed by atoms with Gasteiger partial charge < -0.3 is 14.4 Å². The fraction of sp³-hybridized carbons (Fsp3) is 0.450. The van der Waals surface area contributed by atoms with Gasteiger partial charge in [0.2, 0.25) is 0 Å². The number of amides is 1. The average molecular weight is 371 g/mol. The molecule has 7 heteroatoms. The molecule has 0 N–H and O–H groups in total. The highest BCUT2D eigenvalue weighted by Crippen LogP contribution is 2.25. The summed E-state index contributed by atoms with van der Waals surface area (Å²) in [7, 11) is 0. The second kappa shape index (κ2) is 7.42. The minimum absolute atomic E-state index is 0.298. The number of nitrogens with zero attached hydrogens (tertiary/aromatic N) is 3. The summed E-state index contributed by atoms with van der Waals surface area (Å²) in [5, 5.41) is 4.20. The second-order valence-electron chi connectivity index (χ2n) is 7.43. The quantitative estimate of drug-likeness (QED) is 0.772. The van der Waals surface area contributed by atoms with Gasteiger partial charge in [-0.05, 0) is 57.4 Å². The molecule has 3 rings (SSSR count). The van der Waals surface area contributed by atoms with Crippen molar-refractivity contribution in [2.45, 2.75) is 39.7 Å². The maximum atomic E-state index is 12.2. The van der Waals surface area contributed by atoms with E-state index < -0.39 is 5.60 Å². The Morgan fingerprint density at radius 1 is 1.30 bits per heavy atom. The fourth-order valence-corrected chi connectivity index (χ4v) is 2.97. The van der Waals surface area contributed by atoms with E-state index in [0.717, 1.165) is 17.6 Å². The van der Waals surface area contributed by atoms with E-state index in [2.05, 4.69) is 5.10 Å². The number of ether oxygens (including phenoxy) is 2. The third-order valence-corrected chi connectivity index (χ3v) is 4.25. The van der Waals surface area contributed by atoms with Gasteiger partial charge in [0.15, 0.2) is 0 Å². The lowest BCUT2D eigenvalue weighted by atomic mass is 10.00. The van der Waals surface area contributed by atoms with E-state index in [4.69, 9.17) is 9.47 Å². The number of esters is 1. The summed E-state index contributed by atoms with van der Waals surface area (Å²) in [4.78, 5) is 26.0. The molecule has 0 aromatic carbocycles. The topological polar surface area (TPSA) is 73.1 Å². The third kappa shape index (κ3) is 4.30. The van der Waals surface area contributed by atoms with Crippen LogP contribution in [-0.4, -0.2) is 51.9 Å². The highest BCUT2D eigenvalue weighted by Gasteiger charge is 2.24. The van der Waals surface area contributed by atoms with Crippen LogP contribution in [0.1, 0.15) is 50.0 Å².